The molecule has 2 aromatic rings. The summed E-state index contributed by atoms with van der Waals surface area (Å²) in [7, 11) is 1.89. The number of piperidine rings is 1. The minimum Gasteiger partial charge on any atom is -0.465 e. The van der Waals surface area contributed by atoms with Crippen molar-refractivity contribution in [3.8, 4) is 0 Å². The molecule has 1 unspecified atom stereocenters. The molecule has 0 saturated carbocycles. The average molecular weight is 368 g/mol. The van der Waals surface area contributed by atoms with Crippen molar-refractivity contribution < 1.29 is 14.3 Å². The maximum absolute atomic E-state index is 12.9. The fourth-order valence-electron chi connectivity index (χ4n) is 3.75. The molecule has 1 aliphatic rings. The van der Waals surface area contributed by atoms with Crippen molar-refractivity contribution >= 4 is 11.9 Å². The summed E-state index contributed by atoms with van der Waals surface area (Å²) >= 11 is 0. The number of ether oxygens (including phenoxy) is 1. The number of aryl methyl sites for hydroxylation is 2. The first kappa shape index (κ1) is 19.2. The first-order valence-electron chi connectivity index (χ1n) is 9.68. The number of amides is 1. The number of esters is 1. The summed E-state index contributed by atoms with van der Waals surface area (Å²) in [5.74, 6) is -0.144. The van der Waals surface area contributed by atoms with Crippen molar-refractivity contribution in [1.29, 1.82) is 0 Å². The van der Waals surface area contributed by atoms with E-state index in [4.69, 9.17) is 4.74 Å². The van der Waals surface area contributed by atoms with Crippen molar-refractivity contribution in [2.45, 2.75) is 45.1 Å². The molecular formula is C22H28N2O3. The van der Waals surface area contributed by atoms with Crippen LogP contribution in [-0.2, 0) is 23.0 Å². The Morgan fingerprint density at radius 1 is 1.19 bits per heavy atom. The number of benzene rings is 1. The molecule has 2 heterocycles. The lowest BCUT2D eigenvalue weighted by Gasteiger charge is -2.35. The topological polar surface area (TPSA) is 51.5 Å². The molecule has 1 aliphatic heterocycles. The van der Waals surface area contributed by atoms with Gasteiger partial charge in [-0.05, 0) is 43.9 Å². The van der Waals surface area contributed by atoms with Gasteiger partial charge in [0, 0.05) is 32.3 Å². The quantitative estimate of drug-likeness (QED) is 0.733. The number of rotatable bonds is 6. The molecule has 0 bridgehead atoms. The molecule has 0 radical (unpaired) electrons. The first-order valence-corrected chi connectivity index (χ1v) is 9.68. The van der Waals surface area contributed by atoms with Crippen molar-refractivity contribution in [2.75, 3.05) is 13.2 Å². The highest BCUT2D eigenvalue weighted by atomic mass is 16.5. The number of hydrogen-bond acceptors (Lipinski definition) is 3. The van der Waals surface area contributed by atoms with E-state index in [1.807, 2.05) is 66.0 Å². The van der Waals surface area contributed by atoms with Gasteiger partial charge in [0.15, 0.2) is 0 Å². The predicted molar refractivity (Wildman–Crippen MR) is 105 cm³/mol. The number of aromatic nitrogens is 1. The van der Waals surface area contributed by atoms with E-state index in [2.05, 4.69) is 0 Å². The number of carbonyl (C=O) groups is 2. The van der Waals surface area contributed by atoms with Gasteiger partial charge in [-0.15, -0.1) is 0 Å². The van der Waals surface area contributed by atoms with Crippen LogP contribution in [0, 0.1) is 6.92 Å². The van der Waals surface area contributed by atoms with Gasteiger partial charge in [0.2, 0.25) is 0 Å². The molecule has 1 fully saturated rings. The molecule has 144 valence electrons. The molecule has 0 N–H and O–H groups in total. The monoisotopic (exact) mass is 368 g/mol. The van der Waals surface area contributed by atoms with E-state index in [0.29, 0.717) is 25.1 Å². The van der Waals surface area contributed by atoms with E-state index in [9.17, 15) is 9.59 Å². The summed E-state index contributed by atoms with van der Waals surface area (Å²) in [6.45, 7) is 3.13. The third kappa shape index (κ3) is 5.00. The van der Waals surface area contributed by atoms with Crippen LogP contribution in [0.5, 0.6) is 0 Å². The zero-order valence-electron chi connectivity index (χ0n) is 16.2. The van der Waals surface area contributed by atoms with Crippen LogP contribution in [0.4, 0.5) is 0 Å². The van der Waals surface area contributed by atoms with Crippen LogP contribution in [0.3, 0.4) is 0 Å². The molecular weight excluding hydrogens is 340 g/mol. The molecule has 1 aromatic heterocycles. The van der Waals surface area contributed by atoms with Gasteiger partial charge in [-0.3, -0.25) is 9.59 Å². The maximum Gasteiger partial charge on any atom is 0.310 e. The third-order valence-electron chi connectivity index (χ3n) is 5.20. The van der Waals surface area contributed by atoms with Gasteiger partial charge in [-0.25, -0.2) is 0 Å². The van der Waals surface area contributed by atoms with Gasteiger partial charge in [0.25, 0.3) is 5.91 Å². The van der Waals surface area contributed by atoms with Crippen molar-refractivity contribution in [3.05, 3.63) is 59.4 Å². The Balaban J connectivity index is 1.52. The highest BCUT2D eigenvalue weighted by Gasteiger charge is 2.28. The average Bonchev–Trinajstić information content (AvgIpc) is 3.07. The largest absolute Gasteiger partial charge is 0.465 e. The van der Waals surface area contributed by atoms with E-state index in [1.54, 1.807) is 0 Å². The van der Waals surface area contributed by atoms with Crippen molar-refractivity contribution in [2.24, 2.45) is 7.05 Å². The lowest BCUT2D eigenvalue weighted by atomic mass is 9.99. The minimum absolute atomic E-state index is 0.0679. The Kier molecular flexibility index (Phi) is 6.32. The number of carbonyl (C=O) groups excluding carboxylic acids is 2. The molecule has 1 saturated heterocycles. The Morgan fingerprint density at radius 3 is 2.78 bits per heavy atom. The second kappa shape index (κ2) is 8.89. The molecule has 0 aliphatic carbocycles. The summed E-state index contributed by atoms with van der Waals surface area (Å²) in [5.41, 5.74) is 2.81. The molecule has 27 heavy (non-hydrogen) atoms. The normalized spacial score (nSPS) is 17.0. The zero-order chi connectivity index (χ0) is 19.2. The summed E-state index contributed by atoms with van der Waals surface area (Å²) in [5, 5.41) is 0. The van der Waals surface area contributed by atoms with Crippen LogP contribution in [0.1, 0.15) is 47.3 Å². The van der Waals surface area contributed by atoms with Gasteiger partial charge in [-0.2, -0.15) is 0 Å². The zero-order valence-corrected chi connectivity index (χ0v) is 16.2. The SMILES string of the molecule is Cc1cccc(CC(=O)OCCC2CCCCN2C(=O)c2cccn2C)c1. The summed E-state index contributed by atoms with van der Waals surface area (Å²) in [4.78, 5) is 26.9. The summed E-state index contributed by atoms with van der Waals surface area (Å²) in [6, 6.07) is 11.8. The Hall–Kier alpha value is -2.56. The van der Waals surface area contributed by atoms with E-state index in [-0.39, 0.29) is 17.9 Å². The molecule has 1 amide bonds. The Labute approximate surface area is 160 Å². The third-order valence-corrected chi connectivity index (χ3v) is 5.20. The predicted octanol–water partition coefficient (Wildman–Crippen LogP) is 3.50. The Morgan fingerprint density at radius 2 is 2.04 bits per heavy atom. The second-order valence-electron chi connectivity index (χ2n) is 7.33. The van der Waals surface area contributed by atoms with Gasteiger partial charge in [0.1, 0.15) is 5.69 Å². The molecule has 5 nitrogen and oxygen atoms in total. The molecule has 3 rings (SSSR count). The summed E-state index contributed by atoms with van der Waals surface area (Å²) < 4.78 is 7.31. The highest BCUT2D eigenvalue weighted by Crippen LogP contribution is 2.22. The molecule has 5 heteroatoms. The second-order valence-corrected chi connectivity index (χ2v) is 7.33. The number of nitrogens with zero attached hydrogens (tertiary/aromatic N) is 2. The highest BCUT2D eigenvalue weighted by molar-refractivity contribution is 5.93. The first-order chi connectivity index (χ1) is 13.0. The fourth-order valence-corrected chi connectivity index (χ4v) is 3.75. The fraction of sp³-hybridized carbons (Fsp3) is 0.455. The maximum atomic E-state index is 12.9. The minimum atomic E-state index is -0.211. The molecule has 0 spiro atoms. The van der Waals surface area contributed by atoms with Gasteiger partial charge in [-0.1, -0.05) is 29.8 Å². The van der Waals surface area contributed by atoms with Crippen molar-refractivity contribution in [3.63, 3.8) is 0 Å². The van der Waals surface area contributed by atoms with Gasteiger partial charge < -0.3 is 14.2 Å². The van der Waals surface area contributed by atoms with Gasteiger partial charge in [0.05, 0.1) is 13.0 Å². The van der Waals surface area contributed by atoms with E-state index in [0.717, 1.165) is 36.9 Å². The number of hydrogen-bond donors (Lipinski definition) is 0. The Bertz CT molecular complexity index is 796. The van der Waals surface area contributed by atoms with Crippen LogP contribution in [-0.4, -0.2) is 40.5 Å². The van der Waals surface area contributed by atoms with Crippen LogP contribution in [0.15, 0.2) is 42.6 Å². The van der Waals surface area contributed by atoms with Crippen LogP contribution < -0.4 is 0 Å². The smallest absolute Gasteiger partial charge is 0.310 e. The van der Waals surface area contributed by atoms with Crippen LogP contribution in [0.25, 0.3) is 0 Å². The molecule has 1 atom stereocenters. The van der Waals surface area contributed by atoms with Crippen LogP contribution >= 0.6 is 0 Å². The number of likely N-dealkylation sites (tertiary alicyclic amines) is 1. The molecule has 1 aromatic carbocycles. The summed E-state index contributed by atoms with van der Waals surface area (Å²) in [6.07, 6.45) is 5.97. The lowest BCUT2D eigenvalue weighted by molar-refractivity contribution is -0.143. The standard InChI is InChI=1S/C22H28N2O3/c1-17-7-5-8-18(15-17)16-21(25)27-14-11-19-9-3-4-13-24(19)22(26)20-10-6-12-23(20)2/h5-8,10,12,15,19H,3-4,9,11,13-14,16H2,1-2H3. The van der Waals surface area contributed by atoms with Gasteiger partial charge >= 0.3 is 5.97 Å². The van der Waals surface area contributed by atoms with Crippen molar-refractivity contribution in [1.82, 2.24) is 9.47 Å². The van der Waals surface area contributed by atoms with E-state index >= 15 is 0 Å². The lowest BCUT2D eigenvalue weighted by Crippen LogP contribution is -2.44. The van der Waals surface area contributed by atoms with E-state index in [1.165, 1.54) is 0 Å². The van der Waals surface area contributed by atoms with E-state index < -0.39 is 0 Å². The van der Waals surface area contributed by atoms with Crippen LogP contribution in [0.2, 0.25) is 0 Å².